The molecule has 3 saturated carbocycles. The van der Waals surface area contributed by atoms with Crippen molar-refractivity contribution < 1.29 is 68.6 Å². The molecule has 0 unspecified atom stereocenters. The van der Waals surface area contributed by atoms with E-state index in [1.54, 1.807) is 141 Å². The first-order valence-electron chi connectivity index (χ1n) is 35.9. The molecule has 0 heterocycles. The molecule has 3 aliphatic carbocycles. The molecular formula is C84H108F9N9O6S6. The van der Waals surface area contributed by atoms with Crippen LogP contribution in [-0.4, -0.2) is 122 Å². The smallest absolute Gasteiger partial charge is 0.396 e. The average molecular weight is 1700 g/mol. The number of carbonyl (C=O) groups excluding carboxylic acids is 4. The van der Waals surface area contributed by atoms with Crippen LogP contribution in [0.15, 0.2) is 224 Å². The highest BCUT2D eigenvalue weighted by atomic mass is 32.1. The molecule has 8 aromatic rings. The van der Waals surface area contributed by atoms with Crippen molar-refractivity contribution in [3.8, 4) is 0 Å². The van der Waals surface area contributed by atoms with E-state index in [9.17, 15) is 63.5 Å². The summed E-state index contributed by atoms with van der Waals surface area (Å²) < 4.78 is 123. The average Bonchev–Trinajstić information content (AvgIpc) is 1.59. The highest BCUT2D eigenvalue weighted by Crippen LogP contribution is 2.68. The number of alkyl halides is 9. The van der Waals surface area contributed by atoms with Gasteiger partial charge in [0.2, 0.25) is 23.6 Å². The zero-order chi connectivity index (χ0) is 78.5. The molecule has 0 bridgehead atoms. The van der Waals surface area contributed by atoms with Crippen LogP contribution in [0.3, 0.4) is 0 Å². The standard InChI is InChI=1S/C29H32F3N3O.C24H28F3N3O2.C18H23N3O.C13H13F3O2.6H2S/c1-35(20-22-8-4-2-5-9-22)25(18-21-12-14-24(15-13-21)27(33)36)19-34-26(23-10-6-3-7-11-23)28(16-17-28)29(30,31)32;1-29-19(13-16-7-9-18(10-8-16)22(28)32)15-30-21(31)14-20(17-5-3-2-4-6-17)23(11-12-23)24(25,26)27;1-21(13-15-5-3-2-4-6-15)17(12-19)11-14-7-9-16(10-8-14)18(20)22;14-13(15,16)12(6-7-12)10(8-11(17)18)9-4-2-1-3-5-9;;;;;;/h2-15,25-26,34H,16-20H2,1H3,(H2,33,36);2-10,19-20,29H,11-15H2,1H3,(H2,28,32)(H,30,31);2-10,17H,11-13,19H2,1H3,(H2,20,22);1-5,10H,6-8H2,(H,17,18);6*1H2/t25-,26-;19-,20-;17-;10-;;;;;;/m0000....../s1. The van der Waals surface area contributed by atoms with Crippen molar-refractivity contribution in [1.82, 2.24) is 25.8 Å². The van der Waals surface area contributed by atoms with Gasteiger partial charge < -0.3 is 44.0 Å². The van der Waals surface area contributed by atoms with Gasteiger partial charge in [-0.3, -0.25) is 33.8 Å². The van der Waals surface area contributed by atoms with E-state index in [1.165, 1.54) is 5.56 Å². The molecule has 30 heteroatoms. The Labute approximate surface area is 704 Å². The van der Waals surface area contributed by atoms with Crippen molar-refractivity contribution >= 4 is 111 Å². The second-order valence-corrected chi connectivity index (χ2v) is 28.4. The van der Waals surface area contributed by atoms with Crippen LogP contribution in [-0.2, 0) is 41.9 Å². The summed E-state index contributed by atoms with van der Waals surface area (Å²) in [5.41, 5.74) is 24.9. The minimum atomic E-state index is -4.35. The van der Waals surface area contributed by atoms with E-state index in [2.05, 4.69) is 44.9 Å². The van der Waals surface area contributed by atoms with Crippen molar-refractivity contribution in [2.75, 3.05) is 40.8 Å². The van der Waals surface area contributed by atoms with Crippen molar-refractivity contribution in [1.29, 1.82) is 0 Å². The lowest BCUT2D eigenvalue weighted by Crippen LogP contribution is -2.46. The summed E-state index contributed by atoms with van der Waals surface area (Å²) in [7, 11) is 5.83. The molecule has 4 amide bonds. The van der Waals surface area contributed by atoms with Gasteiger partial charge in [-0.1, -0.05) is 188 Å². The number of nitrogens with one attached hydrogen (secondary N) is 3. The molecule has 8 aromatic carbocycles. The lowest BCUT2D eigenvalue weighted by atomic mass is 9.80. The molecule has 114 heavy (non-hydrogen) atoms. The van der Waals surface area contributed by atoms with Gasteiger partial charge in [0.1, 0.15) is 0 Å². The molecule has 0 saturated heterocycles. The first-order chi connectivity index (χ1) is 51.3. The maximum Gasteiger partial charge on any atom is 0.396 e. The molecule has 0 aromatic heterocycles. The third kappa shape index (κ3) is 28.9. The van der Waals surface area contributed by atoms with E-state index in [0.717, 1.165) is 35.2 Å². The van der Waals surface area contributed by atoms with E-state index in [1.807, 2.05) is 85.9 Å². The van der Waals surface area contributed by atoms with Gasteiger partial charge in [0.15, 0.2) is 0 Å². The summed E-state index contributed by atoms with van der Waals surface area (Å²) in [4.78, 5) is 61.6. The topological polar surface area (TPSA) is 252 Å². The number of aliphatic carboxylic acids is 1. The fourth-order valence-electron chi connectivity index (χ4n) is 14.0. The Hall–Kier alpha value is -7.62. The molecule has 0 radical (unpaired) electrons. The highest BCUT2D eigenvalue weighted by molar-refractivity contribution is 7.60. The lowest BCUT2D eigenvalue weighted by Gasteiger charge is -2.34. The van der Waals surface area contributed by atoms with Crippen LogP contribution < -0.4 is 38.9 Å². The van der Waals surface area contributed by atoms with Crippen LogP contribution in [0.4, 0.5) is 39.5 Å². The van der Waals surface area contributed by atoms with Crippen LogP contribution in [0.2, 0.25) is 0 Å². The Balaban J connectivity index is 0.000000522. The van der Waals surface area contributed by atoms with Gasteiger partial charge >= 0.3 is 24.5 Å². The minimum absolute atomic E-state index is 0. The number of benzene rings is 8. The second-order valence-electron chi connectivity index (χ2n) is 28.4. The number of carboxylic acids is 1. The highest BCUT2D eigenvalue weighted by Gasteiger charge is 2.69. The van der Waals surface area contributed by atoms with Gasteiger partial charge in [-0.25, -0.2) is 0 Å². The summed E-state index contributed by atoms with van der Waals surface area (Å²) in [5, 5.41) is 18.1. The summed E-state index contributed by atoms with van der Waals surface area (Å²) >= 11 is 0. The Morgan fingerprint density at radius 3 is 1.03 bits per heavy atom. The first kappa shape index (κ1) is 102. The summed E-state index contributed by atoms with van der Waals surface area (Å²) in [5.74, 6) is -4.89. The van der Waals surface area contributed by atoms with Crippen LogP contribution in [0.25, 0.3) is 0 Å². The molecule has 12 N–H and O–H groups in total. The Morgan fingerprint density at radius 1 is 0.412 bits per heavy atom. The molecule has 15 nitrogen and oxygen atoms in total. The number of amides is 4. The SMILES string of the molecule is CN(Cc1ccccc1)[C@H](CN)Cc1ccc(C(N)=O)cc1.CN(Cc1ccccc1)[C@H](CN[C@@H](c1ccccc1)C1(C(F)(F)F)CC1)Cc1ccc(C(N)=O)cc1.CN[C@H](CNC(=O)C[C@@H](c1ccccc1)C1(C(F)(F)F)CC1)Cc1ccc(C(N)=O)cc1.O=C(O)C[C@@H](c1ccccc1)C1(C(F)(F)F)CC1.S.S.S.S.S.S. The van der Waals surface area contributed by atoms with Gasteiger partial charge in [0.25, 0.3) is 0 Å². The van der Waals surface area contributed by atoms with Crippen LogP contribution in [0, 0.1) is 16.2 Å². The van der Waals surface area contributed by atoms with E-state index in [-0.39, 0.29) is 151 Å². The predicted molar refractivity (Wildman–Crippen MR) is 462 cm³/mol. The molecule has 0 spiro atoms. The molecule has 0 aliphatic heterocycles. The zero-order valence-electron chi connectivity index (χ0n) is 63.7. The quantitative estimate of drug-likeness (QED) is 0.0184. The monoisotopic (exact) mass is 1700 g/mol. The Morgan fingerprint density at radius 2 is 0.719 bits per heavy atom. The van der Waals surface area contributed by atoms with E-state index >= 15 is 0 Å². The number of halogens is 9. The van der Waals surface area contributed by atoms with Crippen molar-refractivity contribution in [3.05, 3.63) is 286 Å². The lowest BCUT2D eigenvalue weighted by molar-refractivity contribution is -0.197. The van der Waals surface area contributed by atoms with Crippen molar-refractivity contribution in [2.45, 2.75) is 138 Å². The predicted octanol–water partition coefficient (Wildman–Crippen LogP) is 15.1. The number of rotatable bonds is 32. The molecule has 3 aliphatic rings. The van der Waals surface area contributed by atoms with E-state index in [0.29, 0.717) is 65.9 Å². The fourth-order valence-corrected chi connectivity index (χ4v) is 14.0. The van der Waals surface area contributed by atoms with Gasteiger partial charge in [-0.2, -0.15) is 120 Å². The van der Waals surface area contributed by atoms with Gasteiger partial charge in [0, 0.05) is 91.8 Å². The Kier molecular flexibility index (Phi) is 42.2. The molecule has 624 valence electrons. The summed E-state index contributed by atoms with van der Waals surface area (Å²) in [6.45, 7) is 2.75. The number of primary amides is 3. The van der Waals surface area contributed by atoms with Gasteiger partial charge in [0.05, 0.1) is 22.7 Å². The maximum atomic E-state index is 14.2. The van der Waals surface area contributed by atoms with Gasteiger partial charge in [-0.15, -0.1) is 0 Å². The summed E-state index contributed by atoms with van der Waals surface area (Å²) in [6, 6.07) is 66.5. The number of nitrogens with two attached hydrogens (primary N) is 4. The fraction of sp³-hybridized carbons (Fsp3) is 0.369. The number of hydrogen-bond acceptors (Lipinski definition) is 10. The van der Waals surface area contributed by atoms with Crippen LogP contribution in [0.1, 0.15) is 145 Å². The maximum absolute atomic E-state index is 14.2. The molecule has 11 rings (SSSR count). The van der Waals surface area contributed by atoms with Crippen LogP contribution in [0.5, 0.6) is 0 Å². The second kappa shape index (κ2) is 46.9. The largest absolute Gasteiger partial charge is 0.481 e. The summed E-state index contributed by atoms with van der Waals surface area (Å²) in [6.07, 6.45) is -11.3. The molecule has 6 atom stereocenters. The minimum Gasteiger partial charge on any atom is -0.481 e. The molecular weight excluding hydrogens is 1590 g/mol. The first-order valence-corrected chi connectivity index (χ1v) is 35.9. The van der Waals surface area contributed by atoms with Crippen molar-refractivity contribution in [3.63, 3.8) is 0 Å². The number of likely N-dealkylation sites (N-methyl/N-ethyl adjacent to an activating group) is 3. The third-order valence-corrected chi connectivity index (χ3v) is 21.0. The number of nitrogens with zero attached hydrogens (tertiary/aromatic N) is 2. The van der Waals surface area contributed by atoms with Crippen LogP contribution >= 0.6 is 81.0 Å². The van der Waals surface area contributed by atoms with E-state index < -0.39 is 88.7 Å². The number of hydrogen-bond donors (Lipinski definition) is 8. The van der Waals surface area contributed by atoms with Crippen molar-refractivity contribution in [2.24, 2.45) is 39.2 Å². The molecule has 3 fully saturated rings. The zero-order valence-corrected chi connectivity index (χ0v) is 69.7. The van der Waals surface area contributed by atoms with E-state index in [4.69, 9.17) is 28.0 Å². The number of carbonyl (C=O) groups is 5. The number of carboxylic acid groups (broad SMARTS) is 1. The Bertz CT molecular complexity index is 4170. The normalized spacial score (nSPS) is 15.3. The van der Waals surface area contributed by atoms with Gasteiger partial charge in [-0.05, 0) is 160 Å². The third-order valence-electron chi connectivity index (χ3n) is 21.0.